The van der Waals surface area contributed by atoms with Crippen molar-refractivity contribution in [2.24, 2.45) is 0 Å². The summed E-state index contributed by atoms with van der Waals surface area (Å²) in [6.07, 6.45) is 0. The van der Waals surface area contributed by atoms with Crippen molar-refractivity contribution in [3.05, 3.63) is 45.4 Å². The summed E-state index contributed by atoms with van der Waals surface area (Å²) >= 11 is 1.80. The minimum atomic E-state index is 0.332. The Balaban J connectivity index is 2.19. The first-order chi connectivity index (χ1) is 8.08. The fourth-order valence-corrected chi connectivity index (χ4v) is 2.90. The summed E-state index contributed by atoms with van der Waals surface area (Å²) in [5.74, 6) is 0. The van der Waals surface area contributed by atoms with Gasteiger partial charge in [-0.05, 0) is 56.8 Å². The first kappa shape index (κ1) is 12.1. The molecule has 2 aromatic rings. The zero-order valence-electron chi connectivity index (χ0n) is 10.7. The van der Waals surface area contributed by atoms with Gasteiger partial charge in [0.1, 0.15) is 0 Å². The van der Waals surface area contributed by atoms with E-state index in [1.807, 2.05) is 19.9 Å². The first-order valence-electron chi connectivity index (χ1n) is 5.82. The minimum Gasteiger partial charge on any atom is -0.376 e. The molecule has 1 atom stereocenters. The van der Waals surface area contributed by atoms with Crippen molar-refractivity contribution >= 4 is 17.0 Å². The average molecular weight is 246 g/mol. The van der Waals surface area contributed by atoms with Gasteiger partial charge in [-0.2, -0.15) is 0 Å². The van der Waals surface area contributed by atoms with Crippen molar-refractivity contribution in [3.8, 4) is 0 Å². The quantitative estimate of drug-likeness (QED) is 0.876. The molecule has 2 aromatic heterocycles. The van der Waals surface area contributed by atoms with Gasteiger partial charge in [-0.3, -0.25) is 4.98 Å². The van der Waals surface area contributed by atoms with Crippen LogP contribution in [0.25, 0.3) is 0 Å². The summed E-state index contributed by atoms with van der Waals surface area (Å²) in [5.41, 5.74) is 4.60. The molecule has 17 heavy (non-hydrogen) atoms. The normalized spacial score (nSPS) is 12.5. The van der Waals surface area contributed by atoms with Crippen molar-refractivity contribution in [2.75, 3.05) is 5.32 Å². The van der Waals surface area contributed by atoms with E-state index in [1.54, 1.807) is 11.3 Å². The zero-order chi connectivity index (χ0) is 12.4. The number of hydrogen-bond acceptors (Lipinski definition) is 3. The number of thiophene rings is 1. The summed E-state index contributed by atoms with van der Waals surface area (Å²) in [7, 11) is 0. The lowest BCUT2D eigenvalue weighted by molar-refractivity contribution is 0.891. The molecular formula is C14H18N2S. The fraction of sp³-hybridized carbons (Fsp3) is 0.357. The Morgan fingerprint density at radius 1 is 1.18 bits per heavy atom. The molecule has 0 radical (unpaired) electrons. The van der Waals surface area contributed by atoms with Crippen molar-refractivity contribution in [2.45, 2.75) is 33.7 Å². The molecule has 90 valence electrons. The summed E-state index contributed by atoms with van der Waals surface area (Å²) in [6.45, 7) is 8.41. The third-order valence-electron chi connectivity index (χ3n) is 2.89. The van der Waals surface area contributed by atoms with Crippen LogP contribution in [-0.4, -0.2) is 4.98 Å². The van der Waals surface area contributed by atoms with E-state index in [1.165, 1.54) is 10.4 Å². The van der Waals surface area contributed by atoms with Crippen LogP contribution in [0.2, 0.25) is 0 Å². The lowest BCUT2D eigenvalue weighted by atomic mass is 10.1. The van der Waals surface area contributed by atoms with Crippen LogP contribution in [0.3, 0.4) is 0 Å². The van der Waals surface area contributed by atoms with Gasteiger partial charge in [0.05, 0.1) is 17.4 Å². The molecule has 0 amide bonds. The molecule has 3 heteroatoms. The molecule has 0 saturated heterocycles. The smallest absolute Gasteiger partial charge is 0.0607 e. The number of hydrogen-bond donors (Lipinski definition) is 1. The molecule has 0 saturated carbocycles. The fourth-order valence-electron chi connectivity index (χ4n) is 1.97. The Kier molecular flexibility index (Phi) is 3.48. The Hall–Kier alpha value is -1.35. The second-order valence-corrected chi connectivity index (χ2v) is 5.37. The largest absolute Gasteiger partial charge is 0.376 e. The van der Waals surface area contributed by atoms with Gasteiger partial charge in [-0.1, -0.05) is 0 Å². The molecule has 1 unspecified atom stereocenters. The molecular weight excluding hydrogens is 228 g/mol. The molecule has 0 spiro atoms. The standard InChI is InChI=1S/C14H18N2S/c1-9-7-8-17-14(9)12(4)16-13-6-5-10(2)15-11(13)3/h5-8,12,16H,1-4H3. The maximum absolute atomic E-state index is 4.47. The molecule has 0 aliphatic rings. The second-order valence-electron chi connectivity index (χ2n) is 4.42. The number of aromatic nitrogens is 1. The predicted octanol–water partition coefficient (Wildman–Crippen LogP) is 4.24. The molecule has 1 N–H and O–H groups in total. The monoisotopic (exact) mass is 246 g/mol. The first-order valence-corrected chi connectivity index (χ1v) is 6.70. The highest BCUT2D eigenvalue weighted by molar-refractivity contribution is 7.10. The molecule has 0 bridgehead atoms. The van der Waals surface area contributed by atoms with Gasteiger partial charge in [-0.15, -0.1) is 11.3 Å². The molecule has 0 fully saturated rings. The van der Waals surface area contributed by atoms with Gasteiger partial charge < -0.3 is 5.32 Å². The van der Waals surface area contributed by atoms with E-state index in [9.17, 15) is 0 Å². The highest BCUT2D eigenvalue weighted by atomic mass is 32.1. The van der Waals surface area contributed by atoms with E-state index in [0.717, 1.165) is 17.1 Å². The van der Waals surface area contributed by atoms with Crippen LogP contribution < -0.4 is 5.32 Å². The highest BCUT2D eigenvalue weighted by Crippen LogP contribution is 2.27. The lowest BCUT2D eigenvalue weighted by Gasteiger charge is -2.16. The molecule has 0 aliphatic heterocycles. The maximum Gasteiger partial charge on any atom is 0.0607 e. The highest BCUT2D eigenvalue weighted by Gasteiger charge is 2.10. The molecule has 0 aromatic carbocycles. The van der Waals surface area contributed by atoms with E-state index in [-0.39, 0.29) is 0 Å². The Morgan fingerprint density at radius 2 is 1.94 bits per heavy atom. The van der Waals surface area contributed by atoms with Gasteiger partial charge in [0.25, 0.3) is 0 Å². The van der Waals surface area contributed by atoms with E-state index in [2.05, 4.69) is 41.7 Å². The van der Waals surface area contributed by atoms with Crippen molar-refractivity contribution < 1.29 is 0 Å². The SMILES string of the molecule is Cc1ccc(NC(C)c2sccc2C)c(C)n1. The number of anilines is 1. The van der Waals surface area contributed by atoms with Crippen LogP contribution >= 0.6 is 11.3 Å². The summed E-state index contributed by atoms with van der Waals surface area (Å²) in [6, 6.07) is 6.65. The number of nitrogens with zero attached hydrogens (tertiary/aromatic N) is 1. The molecule has 0 aliphatic carbocycles. The topological polar surface area (TPSA) is 24.9 Å². The lowest BCUT2D eigenvalue weighted by Crippen LogP contribution is -2.08. The van der Waals surface area contributed by atoms with Crippen LogP contribution in [0, 0.1) is 20.8 Å². The van der Waals surface area contributed by atoms with Crippen molar-refractivity contribution in [3.63, 3.8) is 0 Å². The number of aryl methyl sites for hydroxylation is 3. The Bertz CT molecular complexity index is 517. The van der Waals surface area contributed by atoms with Crippen molar-refractivity contribution in [1.29, 1.82) is 0 Å². The number of pyridine rings is 1. The van der Waals surface area contributed by atoms with Crippen LogP contribution in [0.1, 0.15) is 34.8 Å². The number of nitrogens with one attached hydrogen (secondary N) is 1. The molecule has 2 heterocycles. The van der Waals surface area contributed by atoms with Crippen LogP contribution in [-0.2, 0) is 0 Å². The van der Waals surface area contributed by atoms with Gasteiger partial charge in [-0.25, -0.2) is 0 Å². The zero-order valence-corrected chi connectivity index (χ0v) is 11.6. The van der Waals surface area contributed by atoms with Crippen LogP contribution in [0.5, 0.6) is 0 Å². The third-order valence-corrected chi connectivity index (χ3v) is 4.09. The molecule has 2 rings (SSSR count). The van der Waals surface area contributed by atoms with E-state index >= 15 is 0 Å². The predicted molar refractivity (Wildman–Crippen MR) is 74.8 cm³/mol. The van der Waals surface area contributed by atoms with Crippen LogP contribution in [0.4, 0.5) is 5.69 Å². The summed E-state index contributed by atoms with van der Waals surface area (Å²) < 4.78 is 0. The average Bonchev–Trinajstić information content (AvgIpc) is 2.68. The van der Waals surface area contributed by atoms with E-state index < -0.39 is 0 Å². The second kappa shape index (κ2) is 4.88. The summed E-state index contributed by atoms with van der Waals surface area (Å²) in [4.78, 5) is 5.86. The van der Waals surface area contributed by atoms with E-state index in [0.29, 0.717) is 6.04 Å². The van der Waals surface area contributed by atoms with Crippen molar-refractivity contribution in [1.82, 2.24) is 4.98 Å². The van der Waals surface area contributed by atoms with Gasteiger partial charge in [0.15, 0.2) is 0 Å². The van der Waals surface area contributed by atoms with Gasteiger partial charge in [0.2, 0.25) is 0 Å². The number of rotatable bonds is 3. The van der Waals surface area contributed by atoms with E-state index in [4.69, 9.17) is 0 Å². The summed E-state index contributed by atoms with van der Waals surface area (Å²) in [5, 5.41) is 5.67. The Labute approximate surface area is 107 Å². The van der Waals surface area contributed by atoms with Gasteiger partial charge in [0, 0.05) is 10.6 Å². The van der Waals surface area contributed by atoms with Gasteiger partial charge >= 0.3 is 0 Å². The Morgan fingerprint density at radius 3 is 2.53 bits per heavy atom. The third kappa shape index (κ3) is 2.67. The molecule has 2 nitrogen and oxygen atoms in total. The maximum atomic E-state index is 4.47. The minimum absolute atomic E-state index is 0.332. The van der Waals surface area contributed by atoms with Crippen LogP contribution in [0.15, 0.2) is 23.6 Å².